The highest BCUT2D eigenvalue weighted by molar-refractivity contribution is 5.36. The molecule has 0 aliphatic heterocycles. The average molecular weight is 228 g/mol. The van der Waals surface area contributed by atoms with Gasteiger partial charge in [-0.25, -0.2) is 4.39 Å². The van der Waals surface area contributed by atoms with Crippen LogP contribution in [-0.2, 0) is 0 Å². The molecule has 0 nitrogen and oxygen atoms in total. The lowest BCUT2D eigenvalue weighted by molar-refractivity contribution is 0.626. The fraction of sp³-hybridized carbons (Fsp3) is 0.250. The summed E-state index contributed by atoms with van der Waals surface area (Å²) in [5.74, 6) is 0.121. The molecule has 0 bridgehead atoms. The number of benzene rings is 2. The number of aryl methyl sites for hydroxylation is 2. The van der Waals surface area contributed by atoms with Crippen molar-refractivity contribution in [3.8, 4) is 0 Å². The molecule has 0 saturated carbocycles. The smallest absolute Gasteiger partial charge is 0.123 e. The molecular formula is C16H17F. The van der Waals surface area contributed by atoms with Crippen LogP contribution < -0.4 is 0 Å². The summed E-state index contributed by atoms with van der Waals surface area (Å²) < 4.78 is 12.9. The topological polar surface area (TPSA) is 0 Å². The van der Waals surface area contributed by atoms with Crippen molar-refractivity contribution in [2.75, 3.05) is 0 Å². The Morgan fingerprint density at radius 3 is 1.88 bits per heavy atom. The quantitative estimate of drug-likeness (QED) is 0.705. The lowest BCUT2D eigenvalue weighted by atomic mass is 9.91. The second-order valence-electron chi connectivity index (χ2n) is 4.69. The monoisotopic (exact) mass is 228 g/mol. The molecule has 0 spiro atoms. The lowest BCUT2D eigenvalue weighted by Crippen LogP contribution is -1.97. The van der Waals surface area contributed by atoms with Gasteiger partial charge in [-0.1, -0.05) is 48.4 Å². The van der Waals surface area contributed by atoms with Gasteiger partial charge in [-0.2, -0.15) is 0 Å². The maximum atomic E-state index is 12.9. The van der Waals surface area contributed by atoms with E-state index in [2.05, 4.69) is 39.0 Å². The molecule has 1 heteroatoms. The van der Waals surface area contributed by atoms with Crippen LogP contribution in [0.5, 0.6) is 0 Å². The molecule has 1 atom stereocenters. The van der Waals surface area contributed by atoms with Crippen LogP contribution in [0.25, 0.3) is 0 Å². The second-order valence-corrected chi connectivity index (χ2v) is 4.69. The summed E-state index contributed by atoms with van der Waals surface area (Å²) in [7, 11) is 0. The third-order valence-corrected chi connectivity index (χ3v) is 3.11. The molecule has 2 rings (SSSR count). The number of rotatable bonds is 2. The number of hydrogen-bond donors (Lipinski definition) is 0. The zero-order valence-electron chi connectivity index (χ0n) is 10.5. The predicted octanol–water partition coefficient (Wildman–Crippen LogP) is 4.59. The molecule has 0 aliphatic carbocycles. The first-order valence-electron chi connectivity index (χ1n) is 5.90. The van der Waals surface area contributed by atoms with Crippen molar-refractivity contribution in [1.82, 2.24) is 0 Å². The van der Waals surface area contributed by atoms with Gasteiger partial charge in [0.15, 0.2) is 0 Å². The Kier molecular flexibility index (Phi) is 3.28. The minimum atomic E-state index is -0.179. The molecule has 0 fully saturated rings. The largest absolute Gasteiger partial charge is 0.207 e. The summed E-state index contributed by atoms with van der Waals surface area (Å²) in [6.45, 7) is 6.36. The van der Waals surface area contributed by atoms with Crippen LogP contribution in [0.1, 0.15) is 35.1 Å². The molecular weight excluding hydrogens is 211 g/mol. The van der Waals surface area contributed by atoms with Gasteiger partial charge in [-0.15, -0.1) is 0 Å². The Hall–Kier alpha value is -1.63. The van der Waals surface area contributed by atoms with Crippen LogP contribution >= 0.6 is 0 Å². The van der Waals surface area contributed by atoms with E-state index in [1.807, 2.05) is 12.1 Å². The molecule has 1 unspecified atom stereocenters. The fourth-order valence-corrected chi connectivity index (χ4v) is 2.20. The molecule has 88 valence electrons. The number of halogens is 1. The van der Waals surface area contributed by atoms with Crippen molar-refractivity contribution >= 4 is 0 Å². The summed E-state index contributed by atoms with van der Waals surface area (Å²) in [5, 5.41) is 0. The van der Waals surface area contributed by atoms with Crippen LogP contribution in [0, 0.1) is 19.7 Å². The van der Waals surface area contributed by atoms with Crippen molar-refractivity contribution in [3.63, 3.8) is 0 Å². The molecule has 0 amide bonds. The number of hydrogen-bond acceptors (Lipinski definition) is 0. The maximum Gasteiger partial charge on any atom is 0.123 e. The van der Waals surface area contributed by atoms with E-state index < -0.39 is 0 Å². The highest BCUT2D eigenvalue weighted by atomic mass is 19.1. The van der Waals surface area contributed by atoms with Crippen LogP contribution in [0.15, 0.2) is 42.5 Å². The fourth-order valence-electron chi connectivity index (χ4n) is 2.20. The summed E-state index contributed by atoms with van der Waals surface area (Å²) in [6.07, 6.45) is 0. The van der Waals surface area contributed by atoms with E-state index in [1.54, 1.807) is 0 Å². The molecule has 2 aromatic carbocycles. The third kappa shape index (κ3) is 2.73. The van der Waals surface area contributed by atoms with Crippen LogP contribution in [0.4, 0.5) is 4.39 Å². The Balaban J connectivity index is 2.36. The summed E-state index contributed by atoms with van der Waals surface area (Å²) in [5.41, 5.74) is 4.98. The highest BCUT2D eigenvalue weighted by Crippen LogP contribution is 2.25. The SMILES string of the molecule is Cc1cc(C)cc(C(C)c2ccc(F)cc2)c1. The molecule has 0 N–H and O–H groups in total. The Bertz CT molecular complexity index is 491. The molecule has 0 aromatic heterocycles. The average Bonchev–Trinajstić information content (AvgIpc) is 2.28. The van der Waals surface area contributed by atoms with Gasteiger partial charge in [0.1, 0.15) is 5.82 Å². The molecule has 2 aromatic rings. The Morgan fingerprint density at radius 2 is 1.35 bits per heavy atom. The molecule has 0 aliphatic rings. The van der Waals surface area contributed by atoms with Gasteiger partial charge in [-0.05, 0) is 37.1 Å². The van der Waals surface area contributed by atoms with E-state index in [0.29, 0.717) is 5.92 Å². The van der Waals surface area contributed by atoms with E-state index in [4.69, 9.17) is 0 Å². The minimum Gasteiger partial charge on any atom is -0.207 e. The van der Waals surface area contributed by atoms with Crippen molar-refractivity contribution in [2.45, 2.75) is 26.7 Å². The van der Waals surface area contributed by atoms with Crippen molar-refractivity contribution < 1.29 is 4.39 Å². The first kappa shape index (κ1) is 11.8. The standard InChI is InChI=1S/C16H17F/c1-11-8-12(2)10-15(9-11)13(3)14-4-6-16(17)7-5-14/h4-10,13H,1-3H3. The Morgan fingerprint density at radius 1 is 0.824 bits per heavy atom. The summed E-state index contributed by atoms with van der Waals surface area (Å²) >= 11 is 0. The van der Waals surface area contributed by atoms with E-state index in [-0.39, 0.29) is 5.82 Å². The molecule has 17 heavy (non-hydrogen) atoms. The van der Waals surface area contributed by atoms with Gasteiger partial charge >= 0.3 is 0 Å². The van der Waals surface area contributed by atoms with E-state index >= 15 is 0 Å². The van der Waals surface area contributed by atoms with Crippen LogP contribution in [0.2, 0.25) is 0 Å². The maximum absolute atomic E-state index is 12.9. The molecule has 0 radical (unpaired) electrons. The Labute approximate surface area is 102 Å². The van der Waals surface area contributed by atoms with Gasteiger partial charge in [0.25, 0.3) is 0 Å². The summed E-state index contributed by atoms with van der Waals surface area (Å²) in [4.78, 5) is 0. The zero-order chi connectivity index (χ0) is 12.4. The van der Waals surface area contributed by atoms with E-state index in [0.717, 1.165) is 5.56 Å². The van der Waals surface area contributed by atoms with Crippen molar-refractivity contribution in [1.29, 1.82) is 0 Å². The predicted molar refractivity (Wildman–Crippen MR) is 69.8 cm³/mol. The minimum absolute atomic E-state index is 0.179. The lowest BCUT2D eigenvalue weighted by Gasteiger charge is -2.14. The highest BCUT2D eigenvalue weighted by Gasteiger charge is 2.09. The molecule has 0 saturated heterocycles. The molecule has 0 heterocycles. The van der Waals surface area contributed by atoms with Crippen LogP contribution in [-0.4, -0.2) is 0 Å². The van der Waals surface area contributed by atoms with Crippen molar-refractivity contribution in [3.05, 3.63) is 70.5 Å². The van der Waals surface area contributed by atoms with Gasteiger partial charge in [0.05, 0.1) is 0 Å². The normalized spacial score (nSPS) is 12.5. The van der Waals surface area contributed by atoms with E-state index in [9.17, 15) is 4.39 Å². The van der Waals surface area contributed by atoms with Gasteiger partial charge in [-0.3, -0.25) is 0 Å². The van der Waals surface area contributed by atoms with Gasteiger partial charge in [0.2, 0.25) is 0 Å². The van der Waals surface area contributed by atoms with Gasteiger partial charge in [0, 0.05) is 5.92 Å². The van der Waals surface area contributed by atoms with E-state index in [1.165, 1.54) is 28.8 Å². The van der Waals surface area contributed by atoms with Crippen molar-refractivity contribution in [2.24, 2.45) is 0 Å². The first-order chi connectivity index (χ1) is 8.06. The third-order valence-electron chi connectivity index (χ3n) is 3.11. The zero-order valence-corrected chi connectivity index (χ0v) is 10.5. The first-order valence-corrected chi connectivity index (χ1v) is 5.90. The summed E-state index contributed by atoms with van der Waals surface area (Å²) in [6, 6.07) is 13.3. The van der Waals surface area contributed by atoms with Gasteiger partial charge < -0.3 is 0 Å². The van der Waals surface area contributed by atoms with Crippen LogP contribution in [0.3, 0.4) is 0 Å². The second kappa shape index (κ2) is 4.70.